The van der Waals surface area contributed by atoms with Gasteiger partial charge in [0, 0.05) is 17.5 Å². The van der Waals surface area contributed by atoms with Gasteiger partial charge in [-0.05, 0) is 58.8 Å². The van der Waals surface area contributed by atoms with E-state index in [2.05, 4.69) is 79.7 Å². The maximum atomic E-state index is 11.1. The van der Waals surface area contributed by atoms with E-state index in [1.165, 1.54) is 11.1 Å². The van der Waals surface area contributed by atoms with Crippen molar-refractivity contribution < 1.29 is 10.2 Å². The highest BCUT2D eigenvalue weighted by Gasteiger charge is 2.27. The summed E-state index contributed by atoms with van der Waals surface area (Å²) in [4.78, 5) is 0. The molecule has 0 atom stereocenters. The van der Waals surface area contributed by atoms with Crippen LogP contribution in [-0.4, -0.2) is 10.2 Å². The predicted octanol–water partition coefficient (Wildman–Crippen LogP) is 7.19. The summed E-state index contributed by atoms with van der Waals surface area (Å²) >= 11 is 0. The molecule has 0 radical (unpaired) electrons. The van der Waals surface area contributed by atoms with Crippen LogP contribution in [0.1, 0.15) is 102 Å². The van der Waals surface area contributed by atoms with Crippen molar-refractivity contribution in [1.29, 1.82) is 0 Å². The van der Waals surface area contributed by atoms with Gasteiger partial charge in [0.05, 0.1) is 0 Å². The predicted molar refractivity (Wildman–Crippen MR) is 124 cm³/mol. The third-order valence-corrected chi connectivity index (χ3v) is 6.92. The van der Waals surface area contributed by atoms with Gasteiger partial charge >= 0.3 is 0 Å². The van der Waals surface area contributed by atoms with Gasteiger partial charge in [-0.1, -0.05) is 79.7 Å². The van der Waals surface area contributed by atoms with Crippen LogP contribution in [-0.2, 0) is 30.1 Å². The molecule has 2 aromatic carbocycles. The van der Waals surface area contributed by atoms with Crippen LogP contribution in [0.25, 0.3) is 0 Å². The topological polar surface area (TPSA) is 40.5 Å². The molecular weight excluding hydrogens is 356 g/mol. The molecule has 0 aliphatic heterocycles. The van der Waals surface area contributed by atoms with E-state index in [1.807, 2.05) is 0 Å². The van der Waals surface area contributed by atoms with E-state index in [-0.39, 0.29) is 10.8 Å². The third-order valence-electron chi connectivity index (χ3n) is 6.92. The van der Waals surface area contributed by atoms with E-state index in [4.69, 9.17) is 0 Å². The number of phenols is 2. The number of aryl methyl sites for hydroxylation is 2. The van der Waals surface area contributed by atoms with Gasteiger partial charge in [0.25, 0.3) is 0 Å². The van der Waals surface area contributed by atoms with E-state index in [0.29, 0.717) is 17.9 Å². The summed E-state index contributed by atoms with van der Waals surface area (Å²) in [6.07, 6.45) is 4.31. The average Bonchev–Trinajstić information content (AvgIpc) is 2.70. The molecule has 2 heteroatoms. The quantitative estimate of drug-likeness (QED) is 0.496. The summed E-state index contributed by atoms with van der Waals surface area (Å²) in [5.74, 6) is 0.762. The fourth-order valence-electron chi connectivity index (χ4n) is 3.82. The number of aromatic hydroxyl groups is 2. The largest absolute Gasteiger partial charge is 0.507 e. The first-order valence-corrected chi connectivity index (χ1v) is 11.2. The van der Waals surface area contributed by atoms with Crippen molar-refractivity contribution in [3.05, 3.63) is 57.6 Å². The molecule has 0 spiro atoms. The molecule has 2 nitrogen and oxygen atoms in total. The van der Waals surface area contributed by atoms with Gasteiger partial charge < -0.3 is 10.2 Å². The lowest BCUT2D eigenvalue weighted by molar-refractivity contribution is 0.419. The summed E-state index contributed by atoms with van der Waals surface area (Å²) in [5, 5.41) is 22.3. The molecule has 0 bridgehead atoms. The average molecular weight is 397 g/mol. The first kappa shape index (κ1) is 23.3. The fourth-order valence-corrected chi connectivity index (χ4v) is 3.82. The summed E-state index contributed by atoms with van der Waals surface area (Å²) < 4.78 is 0. The van der Waals surface area contributed by atoms with E-state index < -0.39 is 0 Å². The Labute approximate surface area is 178 Å². The zero-order valence-corrected chi connectivity index (χ0v) is 19.7. The van der Waals surface area contributed by atoms with Gasteiger partial charge in [-0.25, -0.2) is 0 Å². The SMILES string of the molecule is CCc1cc(Cc2cc(CC)cc(C(C)(C)CC)c2O)c(O)c(C(C)(C)CC)c1. The second-order valence-electron chi connectivity index (χ2n) is 9.66. The molecule has 0 aromatic heterocycles. The van der Waals surface area contributed by atoms with E-state index >= 15 is 0 Å². The standard InChI is InChI=1S/C27H40O2/c1-9-18-13-20(24(28)22(15-18)26(5,6)11-3)17-21-14-19(10-2)16-23(25(21)29)27(7,8)12-4/h13-16,28-29H,9-12,17H2,1-8H3. The minimum atomic E-state index is -0.0906. The van der Waals surface area contributed by atoms with E-state index in [1.54, 1.807) is 0 Å². The minimum absolute atomic E-state index is 0.0906. The molecule has 0 aliphatic rings. The molecule has 0 fully saturated rings. The molecule has 0 saturated heterocycles. The zero-order valence-electron chi connectivity index (χ0n) is 19.7. The van der Waals surface area contributed by atoms with Crippen LogP contribution in [0, 0.1) is 0 Å². The first-order chi connectivity index (χ1) is 13.5. The maximum absolute atomic E-state index is 11.1. The highest BCUT2D eigenvalue weighted by molar-refractivity contribution is 5.53. The van der Waals surface area contributed by atoms with E-state index in [0.717, 1.165) is 47.9 Å². The molecule has 0 unspecified atom stereocenters. The lowest BCUT2D eigenvalue weighted by Crippen LogP contribution is -2.17. The van der Waals surface area contributed by atoms with Crippen LogP contribution >= 0.6 is 0 Å². The van der Waals surface area contributed by atoms with Crippen molar-refractivity contribution in [1.82, 2.24) is 0 Å². The van der Waals surface area contributed by atoms with Gasteiger partial charge in [0.15, 0.2) is 0 Å². The summed E-state index contributed by atoms with van der Waals surface area (Å²) in [7, 11) is 0. The van der Waals surface area contributed by atoms with Crippen LogP contribution in [0.15, 0.2) is 24.3 Å². The molecule has 0 amide bonds. The molecule has 2 aromatic rings. The van der Waals surface area contributed by atoms with Crippen molar-refractivity contribution >= 4 is 0 Å². The van der Waals surface area contributed by atoms with Crippen LogP contribution in [0.5, 0.6) is 11.5 Å². The smallest absolute Gasteiger partial charge is 0.122 e. The normalized spacial score (nSPS) is 12.4. The van der Waals surface area contributed by atoms with Gasteiger partial charge in [-0.3, -0.25) is 0 Å². The summed E-state index contributed by atoms with van der Waals surface area (Å²) in [6, 6.07) is 8.51. The lowest BCUT2D eigenvalue weighted by Gasteiger charge is -2.28. The van der Waals surface area contributed by atoms with Gasteiger partial charge in [-0.2, -0.15) is 0 Å². The first-order valence-electron chi connectivity index (χ1n) is 11.2. The molecule has 2 rings (SSSR count). The molecule has 0 saturated carbocycles. The van der Waals surface area contributed by atoms with Crippen molar-refractivity contribution in [2.24, 2.45) is 0 Å². The zero-order chi connectivity index (χ0) is 22.0. The second kappa shape index (κ2) is 8.81. The van der Waals surface area contributed by atoms with Crippen LogP contribution in [0.2, 0.25) is 0 Å². The van der Waals surface area contributed by atoms with Crippen LogP contribution in [0.3, 0.4) is 0 Å². The van der Waals surface area contributed by atoms with Gasteiger partial charge in [0.2, 0.25) is 0 Å². The van der Waals surface area contributed by atoms with Crippen molar-refractivity contribution in [3.63, 3.8) is 0 Å². The summed E-state index contributed by atoms with van der Waals surface area (Å²) in [5.41, 5.74) is 6.11. The number of rotatable bonds is 8. The Balaban J connectivity index is 2.65. The number of hydrogen-bond donors (Lipinski definition) is 2. The minimum Gasteiger partial charge on any atom is -0.507 e. The lowest BCUT2D eigenvalue weighted by atomic mass is 9.78. The van der Waals surface area contributed by atoms with Crippen molar-refractivity contribution in [2.75, 3.05) is 0 Å². The fraction of sp³-hybridized carbons (Fsp3) is 0.556. The number of hydrogen-bond acceptors (Lipinski definition) is 2. The molecule has 0 aliphatic carbocycles. The molecule has 29 heavy (non-hydrogen) atoms. The molecule has 160 valence electrons. The Bertz CT molecular complexity index is 788. The Morgan fingerprint density at radius 3 is 1.24 bits per heavy atom. The van der Waals surface area contributed by atoms with Crippen LogP contribution < -0.4 is 0 Å². The van der Waals surface area contributed by atoms with Crippen molar-refractivity contribution in [2.45, 2.75) is 98.3 Å². The highest BCUT2D eigenvalue weighted by Crippen LogP contribution is 2.41. The number of phenolic OH excluding ortho intramolecular Hbond substituents is 2. The second-order valence-corrected chi connectivity index (χ2v) is 9.66. The summed E-state index contributed by atoms with van der Waals surface area (Å²) in [6.45, 7) is 17.3. The Hall–Kier alpha value is -1.96. The van der Waals surface area contributed by atoms with Gasteiger partial charge in [0.1, 0.15) is 11.5 Å². The molecule has 2 N–H and O–H groups in total. The monoisotopic (exact) mass is 396 g/mol. The number of benzene rings is 2. The Morgan fingerprint density at radius 2 is 0.966 bits per heavy atom. The van der Waals surface area contributed by atoms with E-state index in [9.17, 15) is 10.2 Å². The molecule has 0 heterocycles. The highest BCUT2D eigenvalue weighted by atomic mass is 16.3. The molecular formula is C27H40O2. The van der Waals surface area contributed by atoms with Crippen molar-refractivity contribution in [3.8, 4) is 11.5 Å². The Kier molecular flexibility index (Phi) is 7.09. The third kappa shape index (κ3) is 4.79. The Morgan fingerprint density at radius 1 is 0.621 bits per heavy atom. The van der Waals surface area contributed by atoms with Crippen LogP contribution in [0.4, 0.5) is 0 Å². The maximum Gasteiger partial charge on any atom is 0.122 e. The van der Waals surface area contributed by atoms with Gasteiger partial charge in [-0.15, -0.1) is 0 Å².